The molecular formula is C24H23N3OS2. The average molecular weight is 434 g/mol. The van der Waals surface area contributed by atoms with E-state index in [2.05, 4.69) is 43.1 Å². The fourth-order valence-electron chi connectivity index (χ4n) is 3.23. The van der Waals surface area contributed by atoms with Crippen molar-refractivity contribution in [2.24, 2.45) is 0 Å². The number of aromatic nitrogens is 2. The van der Waals surface area contributed by atoms with Crippen molar-refractivity contribution in [2.75, 3.05) is 11.2 Å². The normalized spacial score (nSPS) is 11.0. The van der Waals surface area contributed by atoms with E-state index in [1.807, 2.05) is 30.5 Å². The molecule has 0 bridgehead atoms. The molecule has 0 saturated carbocycles. The van der Waals surface area contributed by atoms with Gasteiger partial charge in [-0.05, 0) is 78.8 Å². The SMILES string of the molecule is CSc1ccc(CC(=O)N(Cc2ccncc2)c2nc3cc(C)c(C)cc3s2)cc1. The number of thiazole rings is 1. The van der Waals surface area contributed by atoms with Gasteiger partial charge in [-0.2, -0.15) is 0 Å². The van der Waals surface area contributed by atoms with E-state index in [1.54, 1.807) is 40.4 Å². The zero-order valence-corrected chi connectivity index (χ0v) is 18.9. The molecule has 0 saturated heterocycles. The topological polar surface area (TPSA) is 46.1 Å². The number of carbonyl (C=O) groups excluding carboxylic acids is 1. The van der Waals surface area contributed by atoms with Crippen molar-refractivity contribution in [3.63, 3.8) is 0 Å². The minimum Gasteiger partial charge on any atom is -0.283 e. The largest absolute Gasteiger partial charge is 0.283 e. The average Bonchev–Trinajstić information content (AvgIpc) is 3.15. The number of fused-ring (bicyclic) bond motifs is 1. The summed E-state index contributed by atoms with van der Waals surface area (Å²) < 4.78 is 1.10. The number of amides is 1. The quantitative estimate of drug-likeness (QED) is 0.360. The summed E-state index contributed by atoms with van der Waals surface area (Å²) in [6.07, 6.45) is 5.90. The molecule has 30 heavy (non-hydrogen) atoms. The van der Waals surface area contributed by atoms with Crippen LogP contribution < -0.4 is 4.90 Å². The van der Waals surface area contributed by atoms with Crippen LogP contribution in [0.2, 0.25) is 0 Å². The van der Waals surface area contributed by atoms with Crippen LogP contribution in [0, 0.1) is 13.8 Å². The minimum atomic E-state index is 0.0382. The van der Waals surface area contributed by atoms with Crippen LogP contribution in [0.5, 0.6) is 0 Å². The van der Waals surface area contributed by atoms with E-state index in [0.29, 0.717) is 13.0 Å². The smallest absolute Gasteiger partial charge is 0.233 e. The Kier molecular flexibility index (Phi) is 6.16. The molecule has 6 heteroatoms. The molecule has 2 heterocycles. The summed E-state index contributed by atoms with van der Waals surface area (Å²) in [6.45, 7) is 4.67. The Morgan fingerprint density at radius 1 is 1.00 bits per heavy atom. The van der Waals surface area contributed by atoms with Crippen molar-refractivity contribution in [2.45, 2.75) is 31.7 Å². The summed E-state index contributed by atoms with van der Waals surface area (Å²) >= 11 is 3.26. The van der Waals surface area contributed by atoms with Gasteiger partial charge >= 0.3 is 0 Å². The lowest BCUT2D eigenvalue weighted by molar-refractivity contribution is -0.118. The van der Waals surface area contributed by atoms with Crippen molar-refractivity contribution in [3.8, 4) is 0 Å². The van der Waals surface area contributed by atoms with Crippen molar-refractivity contribution >= 4 is 44.4 Å². The van der Waals surface area contributed by atoms with Crippen molar-refractivity contribution < 1.29 is 4.79 Å². The summed E-state index contributed by atoms with van der Waals surface area (Å²) in [5.41, 5.74) is 5.42. The van der Waals surface area contributed by atoms with Gasteiger partial charge in [0.15, 0.2) is 5.13 Å². The van der Waals surface area contributed by atoms with E-state index in [4.69, 9.17) is 4.98 Å². The molecule has 0 radical (unpaired) electrons. The zero-order chi connectivity index (χ0) is 21.1. The Balaban J connectivity index is 1.67. The van der Waals surface area contributed by atoms with Crippen LogP contribution in [-0.4, -0.2) is 22.1 Å². The van der Waals surface area contributed by atoms with Gasteiger partial charge in [0.05, 0.1) is 23.2 Å². The molecule has 0 unspecified atom stereocenters. The number of benzene rings is 2. The Hall–Kier alpha value is -2.70. The van der Waals surface area contributed by atoms with Crippen LogP contribution in [-0.2, 0) is 17.8 Å². The molecule has 0 N–H and O–H groups in total. The second kappa shape index (κ2) is 8.98. The van der Waals surface area contributed by atoms with Crippen LogP contribution in [0.3, 0.4) is 0 Å². The number of nitrogens with zero attached hydrogens (tertiary/aromatic N) is 3. The van der Waals surface area contributed by atoms with Gasteiger partial charge in [0.2, 0.25) is 5.91 Å². The summed E-state index contributed by atoms with van der Waals surface area (Å²) in [6, 6.07) is 16.3. The van der Waals surface area contributed by atoms with Crippen LogP contribution in [0.15, 0.2) is 65.8 Å². The second-order valence-corrected chi connectivity index (χ2v) is 9.15. The lowest BCUT2D eigenvalue weighted by Gasteiger charge is -2.20. The van der Waals surface area contributed by atoms with E-state index >= 15 is 0 Å². The summed E-state index contributed by atoms with van der Waals surface area (Å²) in [7, 11) is 0. The summed E-state index contributed by atoms with van der Waals surface area (Å²) in [4.78, 5) is 25.2. The van der Waals surface area contributed by atoms with Gasteiger partial charge in [0, 0.05) is 17.3 Å². The third kappa shape index (κ3) is 4.55. The Morgan fingerprint density at radius 3 is 2.40 bits per heavy atom. The van der Waals surface area contributed by atoms with Crippen LogP contribution in [0.25, 0.3) is 10.2 Å². The number of anilines is 1. The molecule has 0 atom stereocenters. The molecule has 0 fully saturated rings. The number of thioether (sulfide) groups is 1. The molecule has 2 aromatic carbocycles. The fourth-order valence-corrected chi connectivity index (χ4v) is 4.70. The van der Waals surface area contributed by atoms with E-state index in [0.717, 1.165) is 26.5 Å². The van der Waals surface area contributed by atoms with Crippen molar-refractivity contribution in [1.29, 1.82) is 0 Å². The molecular weight excluding hydrogens is 410 g/mol. The summed E-state index contributed by atoms with van der Waals surface area (Å²) in [5, 5.41) is 0.734. The molecule has 0 aliphatic rings. The first kappa shape index (κ1) is 20.6. The number of pyridine rings is 1. The highest BCUT2D eigenvalue weighted by Gasteiger charge is 2.21. The van der Waals surface area contributed by atoms with Gasteiger partial charge in [0.1, 0.15) is 0 Å². The van der Waals surface area contributed by atoms with Crippen LogP contribution in [0.4, 0.5) is 5.13 Å². The fraction of sp³-hybridized carbons (Fsp3) is 0.208. The van der Waals surface area contributed by atoms with Crippen LogP contribution in [0.1, 0.15) is 22.3 Å². The third-order valence-electron chi connectivity index (χ3n) is 5.13. The highest BCUT2D eigenvalue weighted by molar-refractivity contribution is 7.98. The van der Waals surface area contributed by atoms with E-state index in [1.165, 1.54) is 16.0 Å². The standard InChI is InChI=1S/C24H23N3OS2/c1-16-12-21-22(13-17(16)2)30-24(26-21)27(15-19-8-10-25-11-9-19)23(28)14-18-4-6-20(29-3)7-5-18/h4-13H,14-15H2,1-3H3. The molecule has 4 nitrogen and oxygen atoms in total. The number of hydrogen-bond acceptors (Lipinski definition) is 5. The maximum Gasteiger partial charge on any atom is 0.233 e. The molecule has 2 aromatic heterocycles. The number of hydrogen-bond donors (Lipinski definition) is 0. The molecule has 4 rings (SSSR count). The molecule has 1 amide bonds. The van der Waals surface area contributed by atoms with Crippen molar-refractivity contribution in [3.05, 3.63) is 83.2 Å². The second-order valence-electron chi connectivity index (χ2n) is 7.26. The zero-order valence-electron chi connectivity index (χ0n) is 17.3. The summed E-state index contributed by atoms with van der Waals surface area (Å²) in [5.74, 6) is 0.0382. The highest BCUT2D eigenvalue weighted by Crippen LogP contribution is 2.32. The van der Waals surface area contributed by atoms with Crippen molar-refractivity contribution in [1.82, 2.24) is 9.97 Å². The molecule has 152 valence electrons. The first-order valence-corrected chi connectivity index (χ1v) is 11.8. The number of rotatable bonds is 6. The van der Waals surface area contributed by atoms with Gasteiger partial charge in [-0.1, -0.05) is 23.5 Å². The molecule has 4 aromatic rings. The van der Waals surface area contributed by atoms with Gasteiger partial charge in [-0.3, -0.25) is 14.7 Å². The maximum atomic E-state index is 13.4. The highest BCUT2D eigenvalue weighted by atomic mass is 32.2. The predicted molar refractivity (Wildman–Crippen MR) is 126 cm³/mol. The van der Waals surface area contributed by atoms with E-state index in [-0.39, 0.29) is 5.91 Å². The third-order valence-corrected chi connectivity index (χ3v) is 6.91. The maximum absolute atomic E-state index is 13.4. The van der Waals surface area contributed by atoms with E-state index in [9.17, 15) is 4.79 Å². The Bertz CT molecular complexity index is 1130. The monoisotopic (exact) mass is 433 g/mol. The Labute approximate surface area is 185 Å². The molecule has 0 aliphatic carbocycles. The van der Waals surface area contributed by atoms with Gasteiger partial charge < -0.3 is 0 Å². The minimum absolute atomic E-state index is 0.0382. The first-order chi connectivity index (χ1) is 14.5. The number of aryl methyl sites for hydroxylation is 2. The Morgan fingerprint density at radius 2 is 1.70 bits per heavy atom. The van der Waals surface area contributed by atoms with Gasteiger partial charge in [0.25, 0.3) is 0 Å². The van der Waals surface area contributed by atoms with Gasteiger partial charge in [-0.15, -0.1) is 11.8 Å². The molecule has 0 aliphatic heterocycles. The molecule has 0 spiro atoms. The predicted octanol–water partition coefficient (Wildman–Crippen LogP) is 5.81. The van der Waals surface area contributed by atoms with E-state index < -0.39 is 0 Å². The number of carbonyl (C=O) groups is 1. The van der Waals surface area contributed by atoms with Gasteiger partial charge in [-0.25, -0.2) is 4.98 Å². The lowest BCUT2D eigenvalue weighted by atomic mass is 10.1. The first-order valence-electron chi connectivity index (χ1n) is 9.73. The van der Waals surface area contributed by atoms with Crippen LogP contribution >= 0.6 is 23.1 Å². The lowest BCUT2D eigenvalue weighted by Crippen LogP contribution is -2.31.